The summed E-state index contributed by atoms with van der Waals surface area (Å²) in [6.07, 6.45) is -4.99. The highest BCUT2D eigenvalue weighted by atomic mass is 32.2. The molecule has 1 amide bonds. The number of nitrogens with one attached hydrogen (secondary N) is 2. The number of alkyl halides is 3. The predicted molar refractivity (Wildman–Crippen MR) is 144 cm³/mol. The summed E-state index contributed by atoms with van der Waals surface area (Å²) in [6, 6.07) is 2.43. The largest absolute Gasteiger partial charge is 0.505 e. The summed E-state index contributed by atoms with van der Waals surface area (Å²) in [5, 5.41) is 16.3. The van der Waals surface area contributed by atoms with Crippen molar-refractivity contribution in [2.75, 3.05) is 26.0 Å². The quantitative estimate of drug-likeness (QED) is 0.299. The fraction of sp³-hybridized carbons (Fsp3) is 0.423. The van der Waals surface area contributed by atoms with Crippen molar-refractivity contribution in [2.45, 2.75) is 46.8 Å². The Morgan fingerprint density at radius 1 is 1.20 bits per heavy atom. The van der Waals surface area contributed by atoms with Gasteiger partial charge in [0.25, 0.3) is 15.9 Å². The van der Waals surface area contributed by atoms with Crippen molar-refractivity contribution in [2.24, 2.45) is 10.3 Å². The maximum absolute atomic E-state index is 13.7. The van der Waals surface area contributed by atoms with Crippen molar-refractivity contribution in [3.8, 4) is 5.75 Å². The van der Waals surface area contributed by atoms with Crippen molar-refractivity contribution in [1.82, 2.24) is 10.2 Å². The van der Waals surface area contributed by atoms with Crippen molar-refractivity contribution in [3.05, 3.63) is 57.0 Å². The van der Waals surface area contributed by atoms with Gasteiger partial charge in [0.1, 0.15) is 17.2 Å². The number of benzene rings is 1. The summed E-state index contributed by atoms with van der Waals surface area (Å²) in [4.78, 5) is 25.4. The van der Waals surface area contributed by atoms with E-state index in [0.29, 0.717) is 17.6 Å². The maximum Gasteiger partial charge on any atom is 0.417 e. The number of rotatable bonds is 8. The molecular formula is C26H31F3N4O7S. The van der Waals surface area contributed by atoms with Crippen LogP contribution >= 0.6 is 0 Å². The summed E-state index contributed by atoms with van der Waals surface area (Å²) >= 11 is 0. The molecule has 0 saturated heterocycles. The second kappa shape index (κ2) is 11.5. The molecule has 41 heavy (non-hydrogen) atoms. The maximum atomic E-state index is 13.7. The zero-order chi connectivity index (χ0) is 31.0. The molecule has 0 saturated carbocycles. The van der Waals surface area contributed by atoms with Gasteiger partial charge in [0.2, 0.25) is 4.91 Å². The number of aryl methyl sites for hydroxylation is 2. The number of amides is 1. The van der Waals surface area contributed by atoms with Gasteiger partial charge in [0.15, 0.2) is 11.6 Å². The molecule has 0 spiro atoms. The molecule has 3 N–H and O–H groups in total. The molecule has 1 aromatic carbocycles. The van der Waals surface area contributed by atoms with E-state index in [9.17, 15) is 36.3 Å². The molecular weight excluding hydrogens is 569 g/mol. The summed E-state index contributed by atoms with van der Waals surface area (Å²) in [6.45, 7) is 8.50. The Hall–Kier alpha value is -4.01. The predicted octanol–water partition coefficient (Wildman–Crippen LogP) is 4.24. The third-order valence-electron chi connectivity index (χ3n) is 6.21. The van der Waals surface area contributed by atoms with Gasteiger partial charge in [-0.15, -0.1) is 4.40 Å². The molecule has 0 unspecified atom stereocenters. The number of phenols is 1. The number of carbonyl (C=O) groups excluding carboxylic acids is 2. The minimum absolute atomic E-state index is 0.159. The molecule has 1 aliphatic heterocycles. The number of furan rings is 1. The number of esters is 1. The number of carbonyl (C=O) groups is 2. The number of hydrogen-bond acceptors (Lipinski definition) is 9. The van der Waals surface area contributed by atoms with E-state index in [0.717, 1.165) is 16.5 Å². The van der Waals surface area contributed by atoms with Crippen LogP contribution in [0.15, 0.2) is 37.6 Å². The first-order valence-corrected chi connectivity index (χ1v) is 13.9. The smallest absolute Gasteiger partial charge is 0.417 e. The average molecular weight is 601 g/mol. The van der Waals surface area contributed by atoms with E-state index >= 15 is 0 Å². The number of anilines is 1. The average Bonchev–Trinajstić information content (AvgIpc) is 3.30. The highest BCUT2D eigenvalue weighted by Gasteiger charge is 2.42. The first kappa shape index (κ1) is 31.5. The number of phenolic OH excluding ortho intramolecular Hbond substituents is 1. The van der Waals surface area contributed by atoms with Gasteiger partial charge in [0, 0.05) is 14.1 Å². The summed E-state index contributed by atoms with van der Waals surface area (Å²) in [5.74, 6) is -3.17. The number of sulfonamides is 1. The highest BCUT2D eigenvalue weighted by molar-refractivity contribution is 7.95. The fourth-order valence-corrected chi connectivity index (χ4v) is 5.20. The van der Waals surface area contributed by atoms with Crippen molar-refractivity contribution < 1.29 is 45.4 Å². The molecule has 3 rings (SSSR count). The van der Waals surface area contributed by atoms with Crippen LogP contribution in [0.1, 0.15) is 59.8 Å². The second-order valence-corrected chi connectivity index (χ2v) is 11.3. The Kier molecular flexibility index (Phi) is 8.81. The standard InChI is InChI=1S/C26H31F3N4O7S/c1-8-39-25(36)22-20(31-19(12(2)3)17-11-13(4)14(5)40-17)23(32-41(22,37)38)30-16-10-9-15(26(27,28)29)18(21(16)34)24(35)33(6)7/h9-12,19,31,34H,8H2,1-7H3,(H,30,32)/t19-/m1/s1. The van der Waals surface area contributed by atoms with Crippen LogP contribution in [0.25, 0.3) is 0 Å². The van der Waals surface area contributed by atoms with Crippen LogP contribution in [0.5, 0.6) is 5.75 Å². The van der Waals surface area contributed by atoms with Crippen LogP contribution in [0.4, 0.5) is 18.9 Å². The Morgan fingerprint density at radius 3 is 2.32 bits per heavy atom. The lowest BCUT2D eigenvalue weighted by atomic mass is 10.0. The SMILES string of the molecule is CCOC(=O)C1=C(N[C@@H](c2cc(C)c(C)o2)C(C)C)C(Nc2ccc(C(F)(F)F)c(C(=O)N(C)C)c2O)=NS1(=O)=O. The van der Waals surface area contributed by atoms with E-state index in [4.69, 9.17) is 9.15 Å². The topological polar surface area (TPSA) is 151 Å². The van der Waals surface area contributed by atoms with Crippen LogP contribution in [-0.4, -0.2) is 56.8 Å². The Morgan fingerprint density at radius 2 is 1.83 bits per heavy atom. The van der Waals surface area contributed by atoms with Crippen LogP contribution < -0.4 is 10.6 Å². The van der Waals surface area contributed by atoms with E-state index < -0.39 is 67.4 Å². The Bertz CT molecular complexity index is 1520. The number of hydrogen-bond donors (Lipinski definition) is 3. The van der Waals surface area contributed by atoms with Gasteiger partial charge in [-0.05, 0) is 50.5 Å². The van der Waals surface area contributed by atoms with E-state index in [2.05, 4.69) is 15.0 Å². The third kappa shape index (κ3) is 6.34. The number of nitrogens with zero attached hydrogens (tertiary/aromatic N) is 2. The van der Waals surface area contributed by atoms with E-state index in [1.807, 2.05) is 20.8 Å². The van der Waals surface area contributed by atoms with Crippen molar-refractivity contribution in [3.63, 3.8) is 0 Å². The second-order valence-electron chi connectivity index (χ2n) is 9.80. The van der Waals surface area contributed by atoms with Crippen LogP contribution in [0, 0.1) is 19.8 Å². The van der Waals surface area contributed by atoms with Gasteiger partial charge in [-0.1, -0.05) is 13.8 Å². The number of aromatic hydroxyl groups is 1. The molecule has 0 radical (unpaired) electrons. The fourth-order valence-electron chi connectivity index (χ4n) is 4.04. The molecule has 1 atom stereocenters. The molecule has 15 heteroatoms. The molecule has 224 valence electrons. The molecule has 1 aliphatic rings. The normalized spacial score (nSPS) is 15.5. The van der Waals surface area contributed by atoms with Gasteiger partial charge >= 0.3 is 12.1 Å². The monoisotopic (exact) mass is 600 g/mol. The van der Waals surface area contributed by atoms with E-state index in [-0.39, 0.29) is 18.2 Å². The first-order chi connectivity index (χ1) is 18.9. The molecule has 0 fully saturated rings. The first-order valence-electron chi connectivity index (χ1n) is 12.4. The molecule has 1 aromatic heterocycles. The van der Waals surface area contributed by atoms with Gasteiger partial charge < -0.3 is 29.8 Å². The molecule has 2 aromatic rings. The van der Waals surface area contributed by atoms with Crippen LogP contribution in [0.2, 0.25) is 0 Å². The Labute approximate surface area is 235 Å². The summed E-state index contributed by atoms with van der Waals surface area (Å²) in [7, 11) is -2.26. The third-order valence-corrected chi connectivity index (χ3v) is 7.52. The molecule has 2 heterocycles. The van der Waals surface area contributed by atoms with E-state index in [1.165, 1.54) is 21.0 Å². The van der Waals surface area contributed by atoms with Crippen LogP contribution in [0.3, 0.4) is 0 Å². The zero-order valence-electron chi connectivity index (χ0n) is 23.4. The lowest BCUT2D eigenvalue weighted by Gasteiger charge is -2.24. The minimum atomic E-state index is -4.99. The van der Waals surface area contributed by atoms with Crippen molar-refractivity contribution in [1.29, 1.82) is 0 Å². The lowest BCUT2D eigenvalue weighted by molar-refractivity contribution is -0.138. The lowest BCUT2D eigenvalue weighted by Crippen LogP contribution is -2.33. The molecule has 11 nitrogen and oxygen atoms in total. The number of ether oxygens (including phenoxy) is 1. The van der Waals surface area contributed by atoms with Crippen molar-refractivity contribution >= 4 is 33.4 Å². The molecule has 0 bridgehead atoms. The van der Waals surface area contributed by atoms with Gasteiger partial charge in [0.05, 0.1) is 29.5 Å². The van der Waals surface area contributed by atoms with Gasteiger partial charge in [-0.3, -0.25) is 4.79 Å². The highest BCUT2D eigenvalue weighted by Crippen LogP contribution is 2.41. The summed E-state index contributed by atoms with van der Waals surface area (Å²) < 4.78 is 81.6. The number of halogens is 3. The van der Waals surface area contributed by atoms with Gasteiger partial charge in [-0.2, -0.15) is 21.6 Å². The van der Waals surface area contributed by atoms with Gasteiger partial charge in [-0.25, -0.2) is 4.79 Å². The summed E-state index contributed by atoms with van der Waals surface area (Å²) in [5.41, 5.74) is -2.45. The van der Waals surface area contributed by atoms with E-state index in [1.54, 1.807) is 13.0 Å². The zero-order valence-corrected chi connectivity index (χ0v) is 24.2. The number of amidine groups is 1. The molecule has 0 aliphatic carbocycles. The van der Waals surface area contributed by atoms with Crippen LogP contribution in [-0.2, 0) is 25.7 Å². The minimum Gasteiger partial charge on any atom is -0.505 e. The Balaban J connectivity index is 2.20.